The summed E-state index contributed by atoms with van der Waals surface area (Å²) in [4.78, 5) is 18.2. The molecule has 0 saturated carbocycles. The predicted molar refractivity (Wildman–Crippen MR) is 83.7 cm³/mol. The maximum Gasteiger partial charge on any atom is 0.335 e. The maximum absolute atomic E-state index is 10.9. The lowest BCUT2D eigenvalue weighted by molar-refractivity contribution is 0.0697. The number of anilines is 2. The smallest absolute Gasteiger partial charge is 0.335 e. The van der Waals surface area contributed by atoms with Gasteiger partial charge in [0.25, 0.3) is 0 Å². The minimum absolute atomic E-state index is 0.255. The van der Waals surface area contributed by atoms with Crippen LogP contribution in [0.4, 0.5) is 10.8 Å². The Morgan fingerprint density at radius 2 is 2.24 bits per heavy atom. The normalized spacial score (nSPS) is 10.2. The van der Waals surface area contributed by atoms with Gasteiger partial charge in [-0.15, -0.1) is 0 Å². The Bertz CT molecular complexity index is 640. The number of nitrogens with one attached hydrogen (secondary N) is 1. The number of aromatic nitrogens is 1. The number of methoxy groups -OCH3 is 1. The van der Waals surface area contributed by atoms with Gasteiger partial charge in [-0.2, -0.15) is 4.98 Å². The van der Waals surface area contributed by atoms with Crippen LogP contribution in [0, 0.1) is 0 Å². The van der Waals surface area contributed by atoms with Crippen LogP contribution in [-0.2, 0) is 6.54 Å². The highest BCUT2D eigenvalue weighted by Crippen LogP contribution is 2.31. The number of carbonyl (C=O) groups is 1. The van der Waals surface area contributed by atoms with Crippen LogP contribution in [0.15, 0.2) is 24.3 Å². The van der Waals surface area contributed by atoms with E-state index in [2.05, 4.69) is 10.3 Å². The van der Waals surface area contributed by atoms with Gasteiger partial charge in [0, 0.05) is 19.8 Å². The minimum atomic E-state index is -0.941. The minimum Gasteiger partial charge on any atom is -0.480 e. The van der Waals surface area contributed by atoms with E-state index in [1.165, 1.54) is 11.3 Å². The van der Waals surface area contributed by atoms with Gasteiger partial charge in [-0.3, -0.25) is 0 Å². The average molecular weight is 307 g/mol. The molecule has 2 N–H and O–H groups in total. The molecule has 0 saturated heterocycles. The number of nitrogens with zero attached hydrogens (tertiary/aromatic N) is 2. The first-order chi connectivity index (χ1) is 10.0. The van der Waals surface area contributed by atoms with Crippen molar-refractivity contribution in [1.82, 2.24) is 4.98 Å². The highest BCUT2D eigenvalue weighted by atomic mass is 32.1. The van der Waals surface area contributed by atoms with Crippen molar-refractivity contribution in [2.45, 2.75) is 6.54 Å². The largest absolute Gasteiger partial charge is 0.480 e. The second kappa shape index (κ2) is 6.45. The van der Waals surface area contributed by atoms with E-state index < -0.39 is 5.97 Å². The molecule has 0 spiro atoms. The Labute approximate surface area is 127 Å². The van der Waals surface area contributed by atoms with E-state index in [0.29, 0.717) is 12.4 Å². The van der Waals surface area contributed by atoms with Crippen LogP contribution >= 0.6 is 11.3 Å². The van der Waals surface area contributed by atoms with E-state index in [4.69, 9.17) is 9.84 Å². The Kier molecular flexibility index (Phi) is 4.64. The molecule has 0 aliphatic rings. The van der Waals surface area contributed by atoms with Gasteiger partial charge in [0.05, 0.1) is 24.1 Å². The van der Waals surface area contributed by atoms with Crippen molar-refractivity contribution in [2.24, 2.45) is 0 Å². The molecule has 0 aliphatic heterocycles. The Hall–Kier alpha value is -2.28. The molecule has 0 aliphatic carbocycles. The zero-order chi connectivity index (χ0) is 15.4. The molecule has 0 unspecified atom stereocenters. The fourth-order valence-electron chi connectivity index (χ4n) is 1.73. The van der Waals surface area contributed by atoms with Gasteiger partial charge < -0.3 is 20.1 Å². The van der Waals surface area contributed by atoms with Crippen LogP contribution in [0.5, 0.6) is 5.88 Å². The standard InChI is InChI=1S/C14H17N3O3S/c1-17(2)14-16-12(20-3)11(21-14)8-15-10-6-4-5-9(7-10)13(18)19/h4-7,15H,8H2,1-3H3,(H,18,19). The van der Waals surface area contributed by atoms with Crippen molar-refractivity contribution < 1.29 is 14.6 Å². The summed E-state index contributed by atoms with van der Waals surface area (Å²) < 4.78 is 5.27. The topological polar surface area (TPSA) is 74.7 Å². The van der Waals surface area contributed by atoms with Crippen molar-refractivity contribution in [3.63, 3.8) is 0 Å². The predicted octanol–water partition coefficient (Wildman–Crippen LogP) is 2.53. The Morgan fingerprint density at radius 3 is 2.86 bits per heavy atom. The number of hydrogen-bond donors (Lipinski definition) is 2. The highest BCUT2D eigenvalue weighted by Gasteiger charge is 2.13. The summed E-state index contributed by atoms with van der Waals surface area (Å²) >= 11 is 1.53. The van der Waals surface area contributed by atoms with Gasteiger partial charge in [0.1, 0.15) is 0 Å². The first-order valence-electron chi connectivity index (χ1n) is 6.29. The fraction of sp³-hybridized carbons (Fsp3) is 0.286. The summed E-state index contributed by atoms with van der Waals surface area (Å²) in [6.45, 7) is 0.526. The van der Waals surface area contributed by atoms with E-state index in [-0.39, 0.29) is 5.56 Å². The van der Waals surface area contributed by atoms with Gasteiger partial charge in [0.2, 0.25) is 5.88 Å². The molecule has 1 aromatic heterocycles. The summed E-state index contributed by atoms with van der Waals surface area (Å²) in [6, 6.07) is 6.70. The second-order valence-electron chi connectivity index (χ2n) is 4.56. The van der Waals surface area contributed by atoms with Gasteiger partial charge in [0.15, 0.2) is 5.13 Å². The monoisotopic (exact) mass is 307 g/mol. The summed E-state index contributed by atoms with van der Waals surface area (Å²) in [5.74, 6) is -0.352. The quantitative estimate of drug-likeness (QED) is 0.854. The molecule has 0 bridgehead atoms. The lowest BCUT2D eigenvalue weighted by atomic mass is 10.2. The molecular formula is C14H17N3O3S. The number of aromatic carboxylic acids is 1. The lowest BCUT2D eigenvalue weighted by Crippen LogP contribution is -2.07. The van der Waals surface area contributed by atoms with Crippen LogP contribution in [0.1, 0.15) is 15.2 Å². The summed E-state index contributed by atoms with van der Waals surface area (Å²) in [7, 11) is 5.43. The maximum atomic E-state index is 10.9. The number of hydrogen-bond acceptors (Lipinski definition) is 6. The third kappa shape index (κ3) is 3.63. The molecule has 21 heavy (non-hydrogen) atoms. The molecule has 6 nitrogen and oxygen atoms in total. The summed E-state index contributed by atoms with van der Waals surface area (Å²) in [5.41, 5.74) is 1.00. The van der Waals surface area contributed by atoms with Crippen LogP contribution in [0.2, 0.25) is 0 Å². The zero-order valence-electron chi connectivity index (χ0n) is 12.1. The van der Waals surface area contributed by atoms with Crippen molar-refractivity contribution >= 4 is 28.1 Å². The van der Waals surface area contributed by atoms with E-state index in [9.17, 15) is 4.79 Å². The first kappa shape index (κ1) is 15.1. The molecule has 0 radical (unpaired) electrons. The molecule has 1 heterocycles. The van der Waals surface area contributed by atoms with Gasteiger partial charge in [-0.05, 0) is 18.2 Å². The molecule has 1 aromatic carbocycles. The highest BCUT2D eigenvalue weighted by molar-refractivity contribution is 7.15. The number of ether oxygens (including phenoxy) is 1. The van der Waals surface area contributed by atoms with Crippen molar-refractivity contribution in [2.75, 3.05) is 31.4 Å². The number of carboxylic acid groups (broad SMARTS) is 1. The molecule has 0 atom stereocenters. The third-order valence-electron chi connectivity index (χ3n) is 2.79. The Balaban J connectivity index is 2.12. The van der Waals surface area contributed by atoms with E-state index in [1.54, 1.807) is 25.3 Å². The molecule has 2 rings (SSSR count). The summed E-state index contributed by atoms with van der Waals surface area (Å²) in [6.07, 6.45) is 0. The van der Waals surface area contributed by atoms with Crippen LogP contribution in [0.3, 0.4) is 0 Å². The first-order valence-corrected chi connectivity index (χ1v) is 7.11. The SMILES string of the molecule is COc1nc(N(C)C)sc1CNc1cccc(C(=O)O)c1. The van der Waals surface area contributed by atoms with Gasteiger partial charge in [-0.25, -0.2) is 4.79 Å². The number of carboxylic acids is 1. The fourth-order valence-corrected chi connectivity index (χ4v) is 2.63. The molecule has 112 valence electrons. The number of benzene rings is 1. The molecule has 2 aromatic rings. The molecule has 7 heteroatoms. The van der Waals surface area contributed by atoms with E-state index in [0.717, 1.165) is 15.7 Å². The van der Waals surface area contributed by atoms with Crippen LogP contribution < -0.4 is 15.0 Å². The van der Waals surface area contributed by atoms with Gasteiger partial charge in [-0.1, -0.05) is 17.4 Å². The molecular weight excluding hydrogens is 290 g/mol. The molecule has 0 fully saturated rings. The number of thiazole rings is 1. The van der Waals surface area contributed by atoms with E-state index >= 15 is 0 Å². The van der Waals surface area contributed by atoms with Crippen LogP contribution in [-0.4, -0.2) is 37.3 Å². The summed E-state index contributed by atoms with van der Waals surface area (Å²) in [5, 5.41) is 13.0. The van der Waals surface area contributed by atoms with Crippen molar-refractivity contribution in [3.05, 3.63) is 34.7 Å². The lowest BCUT2D eigenvalue weighted by Gasteiger charge is -2.06. The second-order valence-corrected chi connectivity index (χ2v) is 5.62. The van der Waals surface area contributed by atoms with Crippen molar-refractivity contribution in [1.29, 1.82) is 0 Å². The van der Waals surface area contributed by atoms with E-state index in [1.807, 2.05) is 25.1 Å². The number of rotatable bonds is 6. The molecule has 0 amide bonds. The Morgan fingerprint density at radius 1 is 1.48 bits per heavy atom. The van der Waals surface area contributed by atoms with Crippen LogP contribution in [0.25, 0.3) is 0 Å². The third-order valence-corrected chi connectivity index (χ3v) is 3.99. The average Bonchev–Trinajstić information content (AvgIpc) is 2.89. The van der Waals surface area contributed by atoms with Crippen molar-refractivity contribution in [3.8, 4) is 5.88 Å². The van der Waals surface area contributed by atoms with Gasteiger partial charge >= 0.3 is 5.97 Å². The zero-order valence-corrected chi connectivity index (χ0v) is 12.9.